The number of benzene rings is 1. The van der Waals surface area contributed by atoms with Crippen LogP contribution in [-0.4, -0.2) is 42.1 Å². The number of aromatic nitrogens is 2. The van der Waals surface area contributed by atoms with Crippen molar-refractivity contribution in [1.82, 2.24) is 10.2 Å². The van der Waals surface area contributed by atoms with Gasteiger partial charge in [0.1, 0.15) is 0 Å². The van der Waals surface area contributed by atoms with E-state index in [0.29, 0.717) is 23.9 Å². The topological polar surface area (TPSA) is 76.1 Å². The molecule has 1 aromatic carbocycles. The highest BCUT2D eigenvalue weighted by Crippen LogP contribution is 2.25. The fourth-order valence-electron chi connectivity index (χ4n) is 1.46. The molecule has 0 aliphatic rings. The van der Waals surface area contributed by atoms with Crippen LogP contribution in [0.4, 0.5) is 10.8 Å². The molecular weight excluding hydrogens is 344 g/mol. The van der Waals surface area contributed by atoms with Gasteiger partial charge in [-0.25, -0.2) is 0 Å². The van der Waals surface area contributed by atoms with Crippen LogP contribution in [0.3, 0.4) is 0 Å². The fraction of sp³-hybridized carbons (Fsp3) is 0.308. The zero-order chi connectivity index (χ0) is 15.8. The van der Waals surface area contributed by atoms with E-state index in [0.717, 1.165) is 9.47 Å². The lowest BCUT2D eigenvalue weighted by Gasteiger charge is -2.03. The van der Waals surface area contributed by atoms with Gasteiger partial charge in [-0.2, -0.15) is 0 Å². The standard InChI is InChI=1S/C13H15ClN4O2S2/c1-20-7-6-15-12-17-18-13(22-12)21-8-11(19)16-10-4-2-9(14)3-5-10/h2-5H,6-8H2,1H3,(H,15,17)(H,16,19). The van der Waals surface area contributed by atoms with Crippen molar-refractivity contribution >= 4 is 51.4 Å². The van der Waals surface area contributed by atoms with Crippen LogP contribution >= 0.6 is 34.7 Å². The van der Waals surface area contributed by atoms with E-state index in [-0.39, 0.29) is 11.7 Å². The second kappa shape index (κ2) is 8.94. The summed E-state index contributed by atoms with van der Waals surface area (Å²) >= 11 is 8.55. The summed E-state index contributed by atoms with van der Waals surface area (Å²) in [6, 6.07) is 6.97. The number of anilines is 2. The quantitative estimate of drug-likeness (QED) is 0.558. The lowest BCUT2D eigenvalue weighted by molar-refractivity contribution is -0.113. The zero-order valence-electron chi connectivity index (χ0n) is 11.8. The molecule has 0 atom stereocenters. The minimum atomic E-state index is -0.101. The van der Waals surface area contributed by atoms with Crippen molar-refractivity contribution in [3.63, 3.8) is 0 Å². The van der Waals surface area contributed by atoms with Crippen LogP contribution in [0.5, 0.6) is 0 Å². The van der Waals surface area contributed by atoms with Gasteiger partial charge < -0.3 is 15.4 Å². The van der Waals surface area contributed by atoms with Gasteiger partial charge in [0.05, 0.1) is 12.4 Å². The predicted molar refractivity (Wildman–Crippen MR) is 91.1 cm³/mol. The monoisotopic (exact) mass is 358 g/mol. The molecule has 22 heavy (non-hydrogen) atoms. The third kappa shape index (κ3) is 5.80. The van der Waals surface area contributed by atoms with Gasteiger partial charge in [-0.3, -0.25) is 4.79 Å². The third-order valence-electron chi connectivity index (χ3n) is 2.44. The van der Waals surface area contributed by atoms with Crippen LogP contribution in [-0.2, 0) is 9.53 Å². The molecule has 0 fully saturated rings. The Kier molecular flexibility index (Phi) is 6.91. The largest absolute Gasteiger partial charge is 0.383 e. The molecule has 118 valence electrons. The smallest absolute Gasteiger partial charge is 0.234 e. The van der Waals surface area contributed by atoms with Crippen molar-refractivity contribution in [2.75, 3.05) is 36.6 Å². The average Bonchev–Trinajstić information content (AvgIpc) is 2.96. The van der Waals surface area contributed by atoms with Gasteiger partial charge in [0.15, 0.2) is 4.34 Å². The summed E-state index contributed by atoms with van der Waals surface area (Å²) in [7, 11) is 1.64. The van der Waals surface area contributed by atoms with Gasteiger partial charge in [0, 0.05) is 24.4 Å². The van der Waals surface area contributed by atoms with Crippen LogP contribution < -0.4 is 10.6 Å². The Labute approximate surface area is 141 Å². The van der Waals surface area contributed by atoms with E-state index >= 15 is 0 Å². The van der Waals surface area contributed by atoms with Crippen LogP contribution in [0.25, 0.3) is 0 Å². The van der Waals surface area contributed by atoms with Crippen molar-refractivity contribution < 1.29 is 9.53 Å². The molecule has 0 aliphatic heterocycles. The van der Waals surface area contributed by atoms with E-state index in [9.17, 15) is 4.79 Å². The van der Waals surface area contributed by atoms with E-state index in [2.05, 4.69) is 20.8 Å². The summed E-state index contributed by atoms with van der Waals surface area (Å²) in [5, 5.41) is 15.3. The molecule has 0 saturated carbocycles. The molecule has 9 heteroatoms. The van der Waals surface area contributed by atoms with Gasteiger partial charge in [-0.15, -0.1) is 10.2 Å². The molecular formula is C13H15ClN4O2S2. The van der Waals surface area contributed by atoms with Crippen molar-refractivity contribution in [2.24, 2.45) is 0 Å². The Balaban J connectivity index is 1.75. The summed E-state index contributed by atoms with van der Waals surface area (Å²) in [6.07, 6.45) is 0. The highest BCUT2D eigenvalue weighted by molar-refractivity contribution is 8.01. The molecule has 2 aromatic rings. The van der Waals surface area contributed by atoms with Gasteiger partial charge in [-0.05, 0) is 24.3 Å². The van der Waals surface area contributed by atoms with Crippen LogP contribution in [0, 0.1) is 0 Å². The highest BCUT2D eigenvalue weighted by atomic mass is 35.5. The summed E-state index contributed by atoms with van der Waals surface area (Å²) in [5.41, 5.74) is 0.717. The van der Waals surface area contributed by atoms with E-state index in [4.69, 9.17) is 16.3 Å². The van der Waals surface area contributed by atoms with Crippen molar-refractivity contribution in [3.8, 4) is 0 Å². The van der Waals surface area contributed by atoms with Crippen molar-refractivity contribution in [3.05, 3.63) is 29.3 Å². The minimum Gasteiger partial charge on any atom is -0.383 e. The molecule has 0 radical (unpaired) electrons. The molecule has 2 rings (SSSR count). The Hall–Kier alpha value is -1.35. The van der Waals surface area contributed by atoms with Crippen molar-refractivity contribution in [2.45, 2.75) is 4.34 Å². The van der Waals surface area contributed by atoms with Gasteiger partial charge in [-0.1, -0.05) is 34.7 Å². The zero-order valence-corrected chi connectivity index (χ0v) is 14.2. The van der Waals surface area contributed by atoms with Crippen LogP contribution in [0.15, 0.2) is 28.6 Å². The van der Waals surface area contributed by atoms with Crippen LogP contribution in [0.2, 0.25) is 5.02 Å². The predicted octanol–water partition coefficient (Wildman–Crippen LogP) is 2.98. The molecule has 0 unspecified atom stereocenters. The number of rotatable bonds is 8. The molecule has 1 heterocycles. The number of methoxy groups -OCH3 is 1. The van der Waals surface area contributed by atoms with Gasteiger partial charge in [0.2, 0.25) is 11.0 Å². The number of amides is 1. The molecule has 1 amide bonds. The van der Waals surface area contributed by atoms with E-state index < -0.39 is 0 Å². The molecule has 0 aliphatic carbocycles. The molecule has 1 aromatic heterocycles. The summed E-state index contributed by atoms with van der Waals surface area (Å²) < 4.78 is 5.68. The summed E-state index contributed by atoms with van der Waals surface area (Å²) in [6.45, 7) is 1.28. The number of carbonyl (C=O) groups is 1. The first-order valence-electron chi connectivity index (χ1n) is 6.42. The number of nitrogens with one attached hydrogen (secondary N) is 2. The first-order valence-corrected chi connectivity index (χ1v) is 8.60. The molecule has 2 N–H and O–H groups in total. The SMILES string of the molecule is COCCNc1nnc(SCC(=O)Nc2ccc(Cl)cc2)s1. The number of halogens is 1. The maximum absolute atomic E-state index is 11.8. The summed E-state index contributed by atoms with van der Waals surface area (Å²) in [4.78, 5) is 11.8. The maximum atomic E-state index is 11.8. The molecule has 0 saturated heterocycles. The maximum Gasteiger partial charge on any atom is 0.234 e. The number of thioether (sulfide) groups is 1. The van der Waals surface area contributed by atoms with Crippen molar-refractivity contribution in [1.29, 1.82) is 0 Å². The highest BCUT2D eigenvalue weighted by Gasteiger charge is 2.08. The molecule has 6 nitrogen and oxygen atoms in total. The van der Waals surface area contributed by atoms with E-state index in [1.165, 1.54) is 23.1 Å². The Morgan fingerprint density at radius 2 is 2.14 bits per heavy atom. The molecule has 0 spiro atoms. The number of nitrogens with zero attached hydrogens (tertiary/aromatic N) is 2. The van der Waals surface area contributed by atoms with Gasteiger partial charge >= 0.3 is 0 Å². The second-order valence-corrected chi connectivity index (χ2v) is 6.77. The van der Waals surface area contributed by atoms with E-state index in [1.807, 2.05) is 0 Å². The minimum absolute atomic E-state index is 0.101. The summed E-state index contributed by atoms with van der Waals surface area (Å²) in [5.74, 6) is 0.173. The van der Waals surface area contributed by atoms with Gasteiger partial charge in [0.25, 0.3) is 0 Å². The number of ether oxygens (including phenoxy) is 1. The third-order valence-corrected chi connectivity index (χ3v) is 4.71. The van der Waals surface area contributed by atoms with Crippen LogP contribution in [0.1, 0.15) is 0 Å². The first-order chi connectivity index (χ1) is 10.7. The second-order valence-electron chi connectivity index (χ2n) is 4.14. The average molecular weight is 359 g/mol. The number of carbonyl (C=O) groups excluding carboxylic acids is 1. The lowest BCUT2D eigenvalue weighted by atomic mass is 10.3. The Morgan fingerprint density at radius 3 is 2.86 bits per heavy atom. The first kappa shape index (κ1) is 17.0. The number of hydrogen-bond donors (Lipinski definition) is 2. The fourth-order valence-corrected chi connectivity index (χ4v) is 3.16. The van der Waals surface area contributed by atoms with E-state index in [1.54, 1.807) is 31.4 Å². The number of hydrogen-bond acceptors (Lipinski definition) is 7. The molecule has 0 bridgehead atoms. The Bertz CT molecular complexity index is 606. The lowest BCUT2D eigenvalue weighted by Crippen LogP contribution is -2.13. The Morgan fingerprint density at radius 1 is 1.36 bits per heavy atom. The normalized spacial score (nSPS) is 10.5.